The summed E-state index contributed by atoms with van der Waals surface area (Å²) in [7, 11) is 1.65. The van der Waals surface area contributed by atoms with Crippen molar-refractivity contribution in [3.63, 3.8) is 0 Å². The van der Waals surface area contributed by atoms with Gasteiger partial charge >= 0.3 is 0 Å². The fourth-order valence-corrected chi connectivity index (χ4v) is 3.11. The molecule has 2 aromatic rings. The Labute approximate surface area is 153 Å². The second kappa shape index (κ2) is 8.82. The van der Waals surface area contributed by atoms with Gasteiger partial charge in [-0.2, -0.15) is 0 Å². The Balaban J connectivity index is 1.65. The zero-order chi connectivity index (χ0) is 18.4. The van der Waals surface area contributed by atoms with Crippen LogP contribution in [0.25, 0.3) is 0 Å². The number of nitrogens with one attached hydrogen (secondary N) is 1. The molecule has 1 fully saturated rings. The van der Waals surface area contributed by atoms with Gasteiger partial charge in [-0.1, -0.05) is 17.3 Å². The number of benzene rings is 1. The molecule has 26 heavy (non-hydrogen) atoms. The molecule has 1 atom stereocenters. The molecule has 1 unspecified atom stereocenters. The van der Waals surface area contributed by atoms with Crippen molar-refractivity contribution >= 4 is 5.91 Å². The van der Waals surface area contributed by atoms with Crippen molar-refractivity contribution in [2.75, 3.05) is 40.0 Å². The first-order valence-corrected chi connectivity index (χ1v) is 8.80. The van der Waals surface area contributed by atoms with Crippen LogP contribution in [0, 0.1) is 6.92 Å². The molecule has 1 N–H and O–H groups in total. The third-order valence-electron chi connectivity index (χ3n) is 4.50. The number of hydrogen-bond donors (Lipinski definition) is 1. The third kappa shape index (κ3) is 4.83. The molecule has 3 rings (SSSR count). The Morgan fingerprint density at radius 3 is 2.65 bits per heavy atom. The van der Waals surface area contributed by atoms with Crippen LogP contribution < -0.4 is 10.1 Å². The van der Waals surface area contributed by atoms with Gasteiger partial charge in [0.05, 0.1) is 38.5 Å². The predicted molar refractivity (Wildman–Crippen MR) is 96.1 cm³/mol. The number of morpholine rings is 1. The van der Waals surface area contributed by atoms with Gasteiger partial charge in [0.25, 0.3) is 0 Å². The van der Waals surface area contributed by atoms with E-state index in [0.717, 1.165) is 24.4 Å². The van der Waals surface area contributed by atoms with Crippen LogP contribution in [0.1, 0.15) is 23.1 Å². The van der Waals surface area contributed by atoms with Crippen LogP contribution >= 0.6 is 0 Å². The first-order valence-electron chi connectivity index (χ1n) is 8.80. The fraction of sp³-hybridized carbons (Fsp3) is 0.474. The molecule has 0 spiro atoms. The maximum atomic E-state index is 12.3. The molecule has 1 amide bonds. The number of rotatable bonds is 7. The zero-order valence-electron chi connectivity index (χ0n) is 15.2. The largest absolute Gasteiger partial charge is 0.497 e. The highest BCUT2D eigenvalue weighted by atomic mass is 16.5. The topological polar surface area (TPSA) is 76.8 Å². The molecule has 2 heterocycles. The molecule has 0 aliphatic carbocycles. The lowest BCUT2D eigenvalue weighted by molar-refractivity contribution is -0.120. The van der Waals surface area contributed by atoms with E-state index in [1.165, 1.54) is 0 Å². The number of ether oxygens (including phenoxy) is 2. The quantitative estimate of drug-likeness (QED) is 0.811. The third-order valence-corrected chi connectivity index (χ3v) is 4.50. The van der Waals surface area contributed by atoms with Gasteiger partial charge in [-0.3, -0.25) is 9.69 Å². The summed E-state index contributed by atoms with van der Waals surface area (Å²) in [6.45, 7) is 5.44. The lowest BCUT2D eigenvalue weighted by atomic mass is 10.0. The second-order valence-corrected chi connectivity index (χ2v) is 6.35. The Morgan fingerprint density at radius 1 is 1.31 bits per heavy atom. The van der Waals surface area contributed by atoms with Gasteiger partial charge in [0.1, 0.15) is 11.5 Å². The summed E-state index contributed by atoms with van der Waals surface area (Å²) >= 11 is 0. The minimum atomic E-state index is -0.0647. The lowest BCUT2D eigenvalue weighted by Crippen LogP contribution is -2.44. The number of nitrogens with zero attached hydrogens (tertiary/aromatic N) is 2. The molecule has 7 heteroatoms. The monoisotopic (exact) mass is 359 g/mol. The van der Waals surface area contributed by atoms with Gasteiger partial charge in [0.15, 0.2) is 0 Å². The Bertz CT molecular complexity index is 708. The van der Waals surface area contributed by atoms with Crippen LogP contribution in [0.4, 0.5) is 0 Å². The Kier molecular flexibility index (Phi) is 6.25. The van der Waals surface area contributed by atoms with E-state index < -0.39 is 0 Å². The van der Waals surface area contributed by atoms with E-state index in [9.17, 15) is 4.79 Å². The number of hydrogen-bond acceptors (Lipinski definition) is 6. The van der Waals surface area contributed by atoms with Crippen molar-refractivity contribution < 1.29 is 18.8 Å². The number of aromatic nitrogens is 1. The van der Waals surface area contributed by atoms with E-state index in [-0.39, 0.29) is 18.4 Å². The number of amides is 1. The van der Waals surface area contributed by atoms with Gasteiger partial charge in [0.2, 0.25) is 5.91 Å². The van der Waals surface area contributed by atoms with Crippen LogP contribution in [0.15, 0.2) is 34.9 Å². The molecule has 0 saturated carbocycles. The highest BCUT2D eigenvalue weighted by molar-refractivity contribution is 5.78. The zero-order valence-corrected chi connectivity index (χ0v) is 15.2. The van der Waals surface area contributed by atoms with Gasteiger partial charge in [-0.05, 0) is 24.6 Å². The molecule has 1 aliphatic heterocycles. The number of carbonyl (C=O) groups excluding carboxylic acids is 1. The summed E-state index contributed by atoms with van der Waals surface area (Å²) in [5, 5.41) is 6.90. The summed E-state index contributed by atoms with van der Waals surface area (Å²) in [4.78, 5) is 14.6. The average molecular weight is 359 g/mol. The summed E-state index contributed by atoms with van der Waals surface area (Å²) in [6.07, 6.45) is 0.218. The van der Waals surface area contributed by atoms with Crippen LogP contribution in [0.2, 0.25) is 0 Å². The highest BCUT2D eigenvalue weighted by Crippen LogP contribution is 2.23. The smallest absolute Gasteiger partial charge is 0.226 e. The molecule has 0 bridgehead atoms. The van der Waals surface area contributed by atoms with E-state index in [0.29, 0.717) is 31.2 Å². The molecular formula is C19H25N3O4. The van der Waals surface area contributed by atoms with Crippen molar-refractivity contribution in [3.8, 4) is 5.75 Å². The molecule has 1 aromatic carbocycles. The summed E-state index contributed by atoms with van der Waals surface area (Å²) < 4.78 is 15.7. The molecular weight excluding hydrogens is 334 g/mol. The van der Waals surface area contributed by atoms with Crippen molar-refractivity contribution in [1.29, 1.82) is 0 Å². The lowest BCUT2D eigenvalue weighted by Gasteiger charge is -2.35. The summed E-state index contributed by atoms with van der Waals surface area (Å²) in [5.41, 5.74) is 1.79. The SMILES string of the molecule is COc1ccc(C(CNC(=O)Cc2cc(C)on2)N2CCOCC2)cc1. The first kappa shape index (κ1) is 18.4. The number of carbonyl (C=O) groups is 1. The van der Waals surface area contributed by atoms with Crippen molar-refractivity contribution in [2.24, 2.45) is 0 Å². The minimum Gasteiger partial charge on any atom is -0.497 e. The second-order valence-electron chi connectivity index (χ2n) is 6.35. The van der Waals surface area contributed by atoms with E-state index >= 15 is 0 Å². The average Bonchev–Trinajstić information content (AvgIpc) is 3.08. The molecule has 1 aromatic heterocycles. The highest BCUT2D eigenvalue weighted by Gasteiger charge is 2.23. The summed E-state index contributed by atoms with van der Waals surface area (Å²) in [6, 6.07) is 9.86. The van der Waals surface area contributed by atoms with Gasteiger partial charge in [-0.15, -0.1) is 0 Å². The van der Waals surface area contributed by atoms with Crippen LogP contribution in [-0.4, -0.2) is 55.9 Å². The van der Waals surface area contributed by atoms with Crippen LogP contribution in [0.3, 0.4) is 0 Å². The molecule has 1 aliphatic rings. The van der Waals surface area contributed by atoms with E-state index in [1.54, 1.807) is 13.2 Å². The summed E-state index contributed by atoms with van der Waals surface area (Å²) in [5.74, 6) is 1.46. The van der Waals surface area contributed by atoms with Crippen molar-refractivity contribution in [2.45, 2.75) is 19.4 Å². The normalized spacial score (nSPS) is 16.2. The number of methoxy groups -OCH3 is 1. The minimum absolute atomic E-state index is 0.0647. The van der Waals surface area contributed by atoms with Crippen LogP contribution in [-0.2, 0) is 16.0 Å². The Hall–Kier alpha value is -2.38. The predicted octanol–water partition coefficient (Wildman–Crippen LogP) is 1.72. The molecule has 140 valence electrons. The van der Waals surface area contributed by atoms with E-state index in [2.05, 4.69) is 15.4 Å². The maximum absolute atomic E-state index is 12.3. The standard InChI is InChI=1S/C19H25N3O4/c1-14-11-16(21-26-14)12-19(23)20-13-18(22-7-9-25-10-8-22)15-3-5-17(24-2)6-4-15/h3-6,11,18H,7-10,12-13H2,1-2H3,(H,20,23). The first-order chi connectivity index (χ1) is 12.7. The van der Waals surface area contributed by atoms with Gasteiger partial charge in [-0.25, -0.2) is 0 Å². The molecule has 1 saturated heterocycles. The maximum Gasteiger partial charge on any atom is 0.226 e. The van der Waals surface area contributed by atoms with E-state index in [4.69, 9.17) is 14.0 Å². The van der Waals surface area contributed by atoms with Crippen LogP contribution in [0.5, 0.6) is 5.75 Å². The fourth-order valence-electron chi connectivity index (χ4n) is 3.11. The van der Waals surface area contributed by atoms with Crippen molar-refractivity contribution in [1.82, 2.24) is 15.4 Å². The van der Waals surface area contributed by atoms with E-state index in [1.807, 2.05) is 31.2 Å². The van der Waals surface area contributed by atoms with Gasteiger partial charge < -0.3 is 19.3 Å². The Morgan fingerprint density at radius 2 is 2.04 bits per heavy atom. The molecule has 7 nitrogen and oxygen atoms in total. The van der Waals surface area contributed by atoms with Gasteiger partial charge in [0, 0.05) is 25.7 Å². The van der Waals surface area contributed by atoms with Crippen molar-refractivity contribution in [3.05, 3.63) is 47.3 Å². The molecule has 0 radical (unpaired) electrons. The number of aryl methyl sites for hydroxylation is 1.